The number of ether oxygens (including phenoxy) is 2. The average Bonchev–Trinajstić information content (AvgIpc) is 2.87. The summed E-state index contributed by atoms with van der Waals surface area (Å²) in [6, 6.07) is 9.84. The zero-order chi connectivity index (χ0) is 24.4. The molecule has 1 aromatic carbocycles. The third-order valence-electron chi connectivity index (χ3n) is 6.16. The molecule has 0 aliphatic rings. The Bertz CT molecular complexity index is 827. The van der Waals surface area contributed by atoms with Crippen LogP contribution in [0.25, 0.3) is 0 Å². The minimum Gasteiger partial charge on any atom is -1.00 e. The van der Waals surface area contributed by atoms with Crippen molar-refractivity contribution >= 4 is 5.91 Å². The third-order valence-corrected chi connectivity index (χ3v) is 6.16. The van der Waals surface area contributed by atoms with Crippen LogP contribution in [0.3, 0.4) is 0 Å². The lowest BCUT2D eigenvalue weighted by Crippen LogP contribution is -3.00. The molecule has 2 aromatic rings. The smallest absolute Gasteiger partial charge is 0.224 e. The van der Waals surface area contributed by atoms with Gasteiger partial charge >= 0.3 is 0 Å². The number of hydrogen-bond donors (Lipinski definition) is 1. The van der Waals surface area contributed by atoms with Crippen LogP contribution in [0.2, 0.25) is 0 Å². The Labute approximate surface area is 230 Å². The monoisotopic (exact) mass is 596 g/mol. The van der Waals surface area contributed by atoms with Gasteiger partial charge in [-0.1, -0.05) is 70.8 Å². The van der Waals surface area contributed by atoms with Crippen molar-refractivity contribution in [2.24, 2.45) is 0 Å². The topological polar surface area (TPSA) is 51.4 Å². The van der Waals surface area contributed by atoms with Crippen LogP contribution in [0, 0.1) is 0 Å². The molecule has 0 spiro atoms. The maximum atomic E-state index is 12.4. The number of unbranched alkanes of at least 4 members (excludes halogenated alkanes) is 9. The quantitative estimate of drug-likeness (QED) is 0.164. The number of nitrogens with zero attached hydrogens (tertiary/aromatic N) is 1. The van der Waals surface area contributed by atoms with E-state index >= 15 is 0 Å². The van der Waals surface area contributed by atoms with E-state index < -0.39 is 0 Å². The molecule has 0 saturated heterocycles. The van der Waals surface area contributed by atoms with Gasteiger partial charge in [0.05, 0.1) is 20.1 Å². The lowest BCUT2D eigenvalue weighted by atomic mass is 10.1. The van der Waals surface area contributed by atoms with E-state index in [1.54, 1.807) is 7.11 Å². The van der Waals surface area contributed by atoms with Crippen molar-refractivity contribution in [3.05, 3.63) is 53.9 Å². The normalized spacial score (nSPS) is 10.5. The number of carbonyl (C=O) groups excluding carboxylic acids is 1. The summed E-state index contributed by atoms with van der Waals surface area (Å²) >= 11 is 0. The maximum absolute atomic E-state index is 12.4. The summed E-state index contributed by atoms with van der Waals surface area (Å²) in [5.41, 5.74) is 2.00. The minimum absolute atomic E-state index is 0. The molecular formula is C29H45IN2O3. The summed E-state index contributed by atoms with van der Waals surface area (Å²) in [6.45, 7) is 6.53. The fourth-order valence-electron chi connectivity index (χ4n) is 3.98. The van der Waals surface area contributed by atoms with Gasteiger partial charge in [0.1, 0.15) is 6.54 Å². The first kappa shape index (κ1) is 31.2. The van der Waals surface area contributed by atoms with E-state index in [2.05, 4.69) is 23.7 Å². The second kappa shape index (κ2) is 19.4. The fourth-order valence-corrected chi connectivity index (χ4v) is 3.98. The molecule has 196 valence electrons. The van der Waals surface area contributed by atoms with E-state index in [4.69, 9.17) is 9.47 Å². The van der Waals surface area contributed by atoms with E-state index in [1.807, 2.05) is 42.7 Å². The number of halogens is 1. The largest absolute Gasteiger partial charge is 1.00 e. The second-order valence-corrected chi connectivity index (χ2v) is 9.01. The Hall–Kier alpha value is -1.83. The van der Waals surface area contributed by atoms with Crippen LogP contribution in [0.4, 0.5) is 0 Å². The molecule has 0 aliphatic heterocycles. The Kier molecular flexibility index (Phi) is 17.3. The van der Waals surface area contributed by atoms with Crippen LogP contribution in [0.5, 0.6) is 11.5 Å². The molecule has 0 fully saturated rings. The Morgan fingerprint density at radius 2 is 1.46 bits per heavy atom. The number of pyridine rings is 1. The summed E-state index contributed by atoms with van der Waals surface area (Å²) in [6.07, 6.45) is 17.5. The predicted octanol–water partition coefficient (Wildman–Crippen LogP) is 3.17. The van der Waals surface area contributed by atoms with Crippen LogP contribution in [0.1, 0.15) is 89.2 Å². The first-order chi connectivity index (χ1) is 16.7. The molecule has 1 amide bonds. The van der Waals surface area contributed by atoms with Crippen molar-refractivity contribution in [3.8, 4) is 11.5 Å². The maximum Gasteiger partial charge on any atom is 0.224 e. The zero-order valence-corrected chi connectivity index (χ0v) is 24.1. The number of benzene rings is 1. The summed E-state index contributed by atoms with van der Waals surface area (Å²) in [4.78, 5) is 12.4. The molecule has 0 radical (unpaired) electrons. The van der Waals surface area contributed by atoms with Crippen molar-refractivity contribution < 1.29 is 42.8 Å². The van der Waals surface area contributed by atoms with E-state index in [0.717, 1.165) is 29.8 Å². The van der Waals surface area contributed by atoms with Gasteiger partial charge in [0, 0.05) is 18.7 Å². The minimum atomic E-state index is -0.00620. The van der Waals surface area contributed by atoms with Gasteiger partial charge in [0.2, 0.25) is 5.91 Å². The second-order valence-electron chi connectivity index (χ2n) is 9.01. The molecule has 0 unspecified atom stereocenters. The van der Waals surface area contributed by atoms with E-state index in [1.165, 1.54) is 57.8 Å². The molecule has 0 saturated carbocycles. The first-order valence-electron chi connectivity index (χ1n) is 13.2. The molecule has 6 heteroatoms. The molecule has 2 rings (SSSR count). The van der Waals surface area contributed by atoms with Gasteiger partial charge in [-0.25, -0.2) is 4.57 Å². The number of nitrogens with one attached hydrogen (secondary N) is 1. The SMILES string of the molecule is CCCCCCCCCCCCOc1ccc(CC(=O)NCc2cc[n+](CC)cc2)cc1OC.[I-]. The number of hydrogen-bond acceptors (Lipinski definition) is 3. The standard InChI is InChI=1S/C29H44N2O3.HI/c1-4-6-7-8-9-10-11-12-13-14-21-34-27-16-15-26(22-28(27)33-3)23-29(32)30-24-25-17-19-31(5-2)20-18-25;/h15-20,22H,4-14,21,23-24H2,1-3H3;1H. The molecular weight excluding hydrogens is 551 g/mol. The Morgan fingerprint density at radius 3 is 2.06 bits per heavy atom. The molecule has 1 N–H and O–H groups in total. The highest BCUT2D eigenvalue weighted by Gasteiger charge is 2.10. The molecule has 1 heterocycles. The average molecular weight is 597 g/mol. The summed E-state index contributed by atoms with van der Waals surface area (Å²) < 4.78 is 13.6. The van der Waals surface area contributed by atoms with Gasteiger partial charge in [0.15, 0.2) is 23.9 Å². The summed E-state index contributed by atoms with van der Waals surface area (Å²) in [7, 11) is 1.64. The van der Waals surface area contributed by atoms with Crippen molar-refractivity contribution in [1.29, 1.82) is 0 Å². The molecule has 0 aliphatic carbocycles. The molecule has 5 nitrogen and oxygen atoms in total. The van der Waals surface area contributed by atoms with Crippen LogP contribution in [0.15, 0.2) is 42.7 Å². The predicted molar refractivity (Wildman–Crippen MR) is 138 cm³/mol. The van der Waals surface area contributed by atoms with Crippen molar-refractivity contribution in [1.82, 2.24) is 5.32 Å². The molecule has 1 aromatic heterocycles. The zero-order valence-electron chi connectivity index (χ0n) is 22.0. The van der Waals surface area contributed by atoms with Gasteiger partial charge in [0.25, 0.3) is 0 Å². The van der Waals surface area contributed by atoms with Crippen LogP contribution < -0.4 is 43.3 Å². The summed E-state index contributed by atoms with van der Waals surface area (Å²) in [5.74, 6) is 1.42. The van der Waals surface area contributed by atoms with Gasteiger partial charge < -0.3 is 38.8 Å². The van der Waals surface area contributed by atoms with Crippen LogP contribution in [-0.2, 0) is 24.3 Å². The van der Waals surface area contributed by atoms with Crippen LogP contribution in [-0.4, -0.2) is 19.6 Å². The van der Waals surface area contributed by atoms with E-state index in [9.17, 15) is 4.79 Å². The van der Waals surface area contributed by atoms with Crippen molar-refractivity contribution in [2.75, 3.05) is 13.7 Å². The Balaban J connectivity index is 0.00000612. The van der Waals surface area contributed by atoms with Crippen LogP contribution >= 0.6 is 0 Å². The summed E-state index contributed by atoms with van der Waals surface area (Å²) in [5, 5.41) is 2.99. The Morgan fingerprint density at radius 1 is 0.829 bits per heavy atom. The number of aromatic nitrogens is 1. The fraction of sp³-hybridized carbons (Fsp3) is 0.586. The van der Waals surface area contributed by atoms with Crippen molar-refractivity contribution in [3.63, 3.8) is 0 Å². The molecule has 0 atom stereocenters. The number of rotatable bonds is 18. The number of amides is 1. The highest BCUT2D eigenvalue weighted by Crippen LogP contribution is 2.28. The highest BCUT2D eigenvalue weighted by atomic mass is 127. The van der Waals surface area contributed by atoms with Gasteiger partial charge in [-0.3, -0.25) is 4.79 Å². The number of methoxy groups -OCH3 is 1. The highest BCUT2D eigenvalue weighted by molar-refractivity contribution is 5.78. The molecule has 0 bridgehead atoms. The van der Waals surface area contributed by atoms with Crippen molar-refractivity contribution in [2.45, 2.75) is 97.6 Å². The van der Waals surface area contributed by atoms with E-state index in [0.29, 0.717) is 25.3 Å². The first-order valence-corrected chi connectivity index (χ1v) is 13.2. The van der Waals surface area contributed by atoms with Gasteiger partial charge in [-0.2, -0.15) is 0 Å². The van der Waals surface area contributed by atoms with Gasteiger partial charge in [-0.15, -0.1) is 0 Å². The lowest BCUT2D eigenvalue weighted by molar-refractivity contribution is -0.693. The number of carbonyl (C=O) groups is 1. The molecule has 35 heavy (non-hydrogen) atoms. The van der Waals surface area contributed by atoms with E-state index in [-0.39, 0.29) is 29.9 Å². The third kappa shape index (κ3) is 13.2. The number of aryl methyl sites for hydroxylation is 1. The van der Waals surface area contributed by atoms with Gasteiger partial charge in [-0.05, 0) is 36.6 Å². The lowest BCUT2D eigenvalue weighted by Gasteiger charge is -2.12.